The number of aliphatic carboxylic acids is 1. The van der Waals surface area contributed by atoms with Crippen molar-refractivity contribution in [2.24, 2.45) is 5.92 Å². The molecule has 1 unspecified atom stereocenters. The van der Waals surface area contributed by atoms with E-state index in [-0.39, 0.29) is 25.3 Å². The monoisotopic (exact) mass is 612 g/mol. The van der Waals surface area contributed by atoms with Crippen molar-refractivity contribution in [1.82, 2.24) is 9.62 Å². The molecule has 12 heteroatoms. The highest BCUT2D eigenvalue weighted by molar-refractivity contribution is 7.82. The second-order valence-corrected chi connectivity index (χ2v) is 11.9. The Balaban J connectivity index is 1.41. The van der Waals surface area contributed by atoms with Gasteiger partial charge in [-0.15, -0.1) is 0 Å². The fourth-order valence-corrected chi connectivity index (χ4v) is 5.83. The van der Waals surface area contributed by atoms with Gasteiger partial charge in [0.2, 0.25) is 6.29 Å². The predicted octanol–water partition coefficient (Wildman–Crippen LogP) is 4.41. The van der Waals surface area contributed by atoms with Crippen molar-refractivity contribution in [1.29, 1.82) is 0 Å². The number of halogens is 1. The summed E-state index contributed by atoms with van der Waals surface area (Å²) in [6, 6.07) is 20.5. The van der Waals surface area contributed by atoms with Crippen LogP contribution in [0, 0.1) is 11.7 Å². The molecule has 0 spiro atoms. The van der Waals surface area contributed by atoms with Gasteiger partial charge in [-0.05, 0) is 47.5 Å². The quantitative estimate of drug-likeness (QED) is 0.227. The molecule has 1 aliphatic rings. The van der Waals surface area contributed by atoms with Crippen LogP contribution in [0.3, 0.4) is 0 Å². The van der Waals surface area contributed by atoms with E-state index in [0.717, 1.165) is 5.56 Å². The topological polar surface area (TPSA) is 131 Å². The lowest BCUT2D eigenvalue weighted by Crippen LogP contribution is -2.62. The molecule has 0 radical (unpaired) electrons. The number of nitrogens with one attached hydrogen (secondary N) is 1. The number of ether oxygens (including phenoxy) is 3. The number of nitrogens with zero attached hydrogens (tertiary/aromatic N) is 1. The average molecular weight is 613 g/mol. The van der Waals surface area contributed by atoms with Crippen LogP contribution in [0.1, 0.15) is 31.9 Å². The first-order valence-corrected chi connectivity index (χ1v) is 14.7. The van der Waals surface area contributed by atoms with Gasteiger partial charge in [-0.1, -0.05) is 56.3 Å². The fourth-order valence-electron chi connectivity index (χ4n) is 4.43. The molecule has 1 saturated heterocycles. The van der Waals surface area contributed by atoms with Gasteiger partial charge in [-0.3, -0.25) is 4.79 Å². The van der Waals surface area contributed by atoms with Gasteiger partial charge in [0.1, 0.15) is 28.6 Å². The Morgan fingerprint density at radius 2 is 1.65 bits per heavy atom. The van der Waals surface area contributed by atoms with Crippen LogP contribution in [0.5, 0.6) is 5.75 Å². The summed E-state index contributed by atoms with van der Waals surface area (Å²) >= 11 is 0. The lowest BCUT2D eigenvalue weighted by molar-refractivity contribution is -0.169. The third-order valence-corrected chi connectivity index (χ3v) is 8.07. The lowest BCUT2D eigenvalue weighted by Gasteiger charge is -2.48. The molecular formula is C31H33FN2O8S. The summed E-state index contributed by atoms with van der Waals surface area (Å²) in [5.74, 6) is -2.19. The van der Waals surface area contributed by atoms with Gasteiger partial charge in [0, 0.05) is 13.3 Å². The first-order chi connectivity index (χ1) is 20.5. The third kappa shape index (κ3) is 8.17. The largest absolute Gasteiger partial charge is 0.480 e. The Morgan fingerprint density at radius 3 is 2.28 bits per heavy atom. The molecule has 2 N–H and O–H groups in total. The summed E-state index contributed by atoms with van der Waals surface area (Å²) < 4.78 is 45.0. The van der Waals surface area contributed by atoms with E-state index in [9.17, 15) is 28.1 Å². The predicted molar refractivity (Wildman–Crippen MR) is 155 cm³/mol. The molecule has 0 bridgehead atoms. The molecule has 3 aromatic carbocycles. The number of esters is 1. The Morgan fingerprint density at radius 1 is 0.977 bits per heavy atom. The molecule has 10 nitrogen and oxygen atoms in total. The van der Waals surface area contributed by atoms with Crippen LogP contribution in [0.4, 0.5) is 9.18 Å². The average Bonchev–Trinajstić information content (AvgIpc) is 2.95. The lowest BCUT2D eigenvalue weighted by atomic mass is 9.87. The second kappa shape index (κ2) is 13.8. The molecule has 228 valence electrons. The highest BCUT2D eigenvalue weighted by atomic mass is 32.2. The van der Waals surface area contributed by atoms with Gasteiger partial charge in [0.25, 0.3) is 0 Å². The molecule has 1 fully saturated rings. The molecule has 0 aromatic heterocycles. The zero-order valence-corrected chi connectivity index (χ0v) is 24.7. The standard InChI is InChI=1S/C31H33FN2O8S/c1-20(2)29(37)40-21(3)41-30(38)33-27(28(35)36)17-22-8-7-11-26(16-22)43(39)34-18-31(19-34,23-9-5-4-6-10-23)42-25-14-12-24(32)13-15-25/h4-16,20-21,27H,17-19H2,1-3H3,(H,33,38)(H,35,36)/t21-,27-,43?/m0/s1. The maximum Gasteiger partial charge on any atom is 0.410 e. The van der Waals surface area contributed by atoms with Gasteiger partial charge in [0.15, 0.2) is 5.60 Å². The van der Waals surface area contributed by atoms with E-state index in [1.807, 2.05) is 30.3 Å². The van der Waals surface area contributed by atoms with Gasteiger partial charge < -0.3 is 24.6 Å². The molecule has 4 rings (SSSR count). The Kier molecular flexibility index (Phi) is 10.1. The van der Waals surface area contributed by atoms with Crippen molar-refractivity contribution >= 4 is 29.0 Å². The third-order valence-electron chi connectivity index (χ3n) is 6.68. The Hall–Kier alpha value is -4.29. The van der Waals surface area contributed by atoms with E-state index >= 15 is 0 Å². The number of carboxylic acid groups (broad SMARTS) is 1. The van der Waals surface area contributed by atoms with E-state index in [1.165, 1.54) is 19.1 Å². The van der Waals surface area contributed by atoms with Crippen molar-refractivity contribution in [3.8, 4) is 5.75 Å². The minimum Gasteiger partial charge on any atom is -0.480 e. The minimum atomic E-state index is -1.60. The van der Waals surface area contributed by atoms with E-state index < -0.39 is 52.9 Å². The SMILES string of the molecule is CC(C)C(=O)O[C@H](C)OC(=O)N[C@@H](Cc1cccc(S(=O)N2CC(Oc3ccc(F)cc3)(c3ccccc3)C2)c1)C(=O)O. The minimum absolute atomic E-state index is 0.114. The van der Waals surface area contributed by atoms with Crippen LogP contribution in [0.2, 0.25) is 0 Å². The smallest absolute Gasteiger partial charge is 0.410 e. The first-order valence-electron chi connectivity index (χ1n) is 13.6. The van der Waals surface area contributed by atoms with Gasteiger partial charge >= 0.3 is 18.0 Å². The summed E-state index contributed by atoms with van der Waals surface area (Å²) in [5.41, 5.74) is 0.609. The van der Waals surface area contributed by atoms with Crippen molar-refractivity contribution in [3.05, 3.63) is 95.8 Å². The zero-order valence-electron chi connectivity index (χ0n) is 23.9. The van der Waals surface area contributed by atoms with Crippen molar-refractivity contribution in [3.63, 3.8) is 0 Å². The summed E-state index contributed by atoms with van der Waals surface area (Å²) in [5, 5.41) is 12.0. The molecule has 0 aliphatic carbocycles. The zero-order chi connectivity index (χ0) is 31.1. The summed E-state index contributed by atoms with van der Waals surface area (Å²) in [6.07, 6.45) is -2.38. The van der Waals surface area contributed by atoms with Crippen LogP contribution < -0.4 is 10.1 Å². The first kappa shape index (κ1) is 31.6. The van der Waals surface area contributed by atoms with Gasteiger partial charge in [0.05, 0.1) is 23.9 Å². The number of hydrogen-bond donors (Lipinski definition) is 2. The molecule has 1 amide bonds. The highest BCUT2D eigenvalue weighted by Gasteiger charge is 2.49. The van der Waals surface area contributed by atoms with Crippen molar-refractivity contribution < 1.29 is 42.3 Å². The highest BCUT2D eigenvalue weighted by Crippen LogP contribution is 2.39. The summed E-state index contributed by atoms with van der Waals surface area (Å²) in [6.45, 7) is 5.17. The Bertz CT molecular complexity index is 1460. The van der Waals surface area contributed by atoms with Crippen LogP contribution >= 0.6 is 0 Å². The number of carbonyl (C=O) groups is 3. The fraction of sp³-hybridized carbons (Fsp3) is 0.323. The molecule has 3 aromatic rings. The molecule has 0 saturated carbocycles. The maximum atomic E-state index is 13.5. The normalized spacial score (nSPS) is 16.3. The van der Waals surface area contributed by atoms with E-state index in [1.54, 1.807) is 54.6 Å². The number of amides is 1. The maximum absolute atomic E-state index is 13.5. The second-order valence-electron chi connectivity index (χ2n) is 10.4. The molecular weight excluding hydrogens is 579 g/mol. The van der Waals surface area contributed by atoms with E-state index in [4.69, 9.17) is 14.2 Å². The molecule has 1 heterocycles. The van der Waals surface area contributed by atoms with Crippen LogP contribution in [0.15, 0.2) is 83.8 Å². The van der Waals surface area contributed by atoms with Crippen molar-refractivity contribution in [2.75, 3.05) is 13.1 Å². The molecule has 3 atom stereocenters. The number of benzene rings is 3. The number of alkyl carbamates (subject to hydrolysis) is 1. The summed E-state index contributed by atoms with van der Waals surface area (Å²) in [4.78, 5) is 36.3. The number of carboxylic acids is 1. The van der Waals surface area contributed by atoms with Crippen molar-refractivity contribution in [2.45, 2.75) is 50.0 Å². The van der Waals surface area contributed by atoms with E-state index in [0.29, 0.717) is 16.2 Å². The van der Waals surface area contributed by atoms with Crippen LogP contribution in [-0.2, 0) is 42.1 Å². The number of rotatable bonds is 12. The van der Waals surface area contributed by atoms with Crippen LogP contribution in [-0.4, -0.2) is 57.1 Å². The molecule has 1 aliphatic heterocycles. The number of hydrogen-bond acceptors (Lipinski definition) is 7. The van der Waals surface area contributed by atoms with Gasteiger partial charge in [-0.25, -0.2) is 22.5 Å². The number of carbonyl (C=O) groups excluding carboxylic acids is 2. The Labute approximate surface area is 251 Å². The molecule has 43 heavy (non-hydrogen) atoms. The van der Waals surface area contributed by atoms with Gasteiger partial charge in [-0.2, -0.15) is 0 Å². The van der Waals surface area contributed by atoms with Crippen LogP contribution in [0.25, 0.3) is 0 Å². The summed E-state index contributed by atoms with van der Waals surface area (Å²) in [7, 11) is -1.60. The van der Waals surface area contributed by atoms with E-state index in [2.05, 4.69) is 5.32 Å².